The van der Waals surface area contributed by atoms with Gasteiger partial charge in [-0.05, 0) is 55.7 Å². The minimum absolute atomic E-state index is 0.0208. The molecule has 35 heavy (non-hydrogen) atoms. The predicted molar refractivity (Wildman–Crippen MR) is 135 cm³/mol. The maximum Gasteiger partial charge on any atom is 0.261 e. The molecule has 2 amide bonds. The van der Waals surface area contributed by atoms with Crippen molar-refractivity contribution >= 4 is 11.8 Å². The average molecular weight is 477 g/mol. The Balaban J connectivity index is 1.89. The Morgan fingerprint density at radius 3 is 2.23 bits per heavy atom. The maximum atomic E-state index is 13.5. The summed E-state index contributed by atoms with van der Waals surface area (Å²) in [5.74, 6) is -0.520. The normalized spacial score (nSPS) is 12.5. The van der Waals surface area contributed by atoms with Crippen molar-refractivity contribution in [1.29, 1.82) is 0 Å². The maximum absolute atomic E-state index is 13.5. The van der Waals surface area contributed by atoms with Gasteiger partial charge in [0, 0.05) is 19.0 Å². The van der Waals surface area contributed by atoms with Crippen LogP contribution in [0.3, 0.4) is 0 Å². The molecule has 0 bridgehead atoms. The molecule has 5 nitrogen and oxygen atoms in total. The van der Waals surface area contributed by atoms with Gasteiger partial charge in [0.2, 0.25) is 5.91 Å². The van der Waals surface area contributed by atoms with Crippen molar-refractivity contribution in [3.05, 3.63) is 101 Å². The van der Waals surface area contributed by atoms with E-state index < -0.39 is 6.04 Å². The zero-order chi connectivity index (χ0) is 25.2. The summed E-state index contributed by atoms with van der Waals surface area (Å²) < 4.78 is 18.9. The van der Waals surface area contributed by atoms with Crippen LogP contribution < -0.4 is 10.1 Å². The van der Waals surface area contributed by atoms with Gasteiger partial charge in [0.15, 0.2) is 6.61 Å². The molecule has 184 valence electrons. The summed E-state index contributed by atoms with van der Waals surface area (Å²) >= 11 is 0. The van der Waals surface area contributed by atoms with Crippen molar-refractivity contribution in [3.8, 4) is 5.75 Å². The van der Waals surface area contributed by atoms with E-state index in [4.69, 9.17) is 4.74 Å². The summed E-state index contributed by atoms with van der Waals surface area (Å²) in [5, 5.41) is 3.04. The van der Waals surface area contributed by atoms with Crippen LogP contribution in [-0.4, -0.2) is 35.4 Å². The van der Waals surface area contributed by atoms with Crippen LogP contribution in [0.15, 0.2) is 78.9 Å². The lowest BCUT2D eigenvalue weighted by Gasteiger charge is -2.32. The number of halogens is 1. The molecule has 0 fully saturated rings. The summed E-state index contributed by atoms with van der Waals surface area (Å²) in [7, 11) is 0. The monoisotopic (exact) mass is 476 g/mol. The van der Waals surface area contributed by atoms with Crippen LogP contribution in [0.1, 0.15) is 37.0 Å². The summed E-state index contributed by atoms with van der Waals surface area (Å²) in [4.78, 5) is 28.5. The zero-order valence-electron chi connectivity index (χ0n) is 20.5. The van der Waals surface area contributed by atoms with Crippen LogP contribution >= 0.6 is 0 Å². The largest absolute Gasteiger partial charge is 0.484 e. The number of carbonyl (C=O) groups excluding carboxylic acids is 2. The summed E-state index contributed by atoms with van der Waals surface area (Å²) in [6, 6.07) is 22.3. The molecule has 3 rings (SSSR count). The average Bonchev–Trinajstić information content (AvgIpc) is 2.87. The number of nitrogens with one attached hydrogen (secondary N) is 1. The van der Waals surface area contributed by atoms with Crippen molar-refractivity contribution in [3.63, 3.8) is 0 Å². The molecule has 6 heteroatoms. The second-order valence-corrected chi connectivity index (χ2v) is 8.77. The third kappa shape index (κ3) is 7.95. The summed E-state index contributed by atoms with van der Waals surface area (Å²) in [5.41, 5.74) is 2.99. The molecule has 0 heterocycles. The molecule has 0 unspecified atom stereocenters. The Morgan fingerprint density at radius 1 is 0.943 bits per heavy atom. The highest BCUT2D eigenvalue weighted by atomic mass is 19.1. The van der Waals surface area contributed by atoms with Crippen molar-refractivity contribution in [2.45, 2.75) is 52.2 Å². The molecule has 0 radical (unpaired) electrons. The molecular weight excluding hydrogens is 443 g/mol. The number of benzene rings is 3. The number of amides is 2. The van der Waals surface area contributed by atoms with Gasteiger partial charge in [-0.3, -0.25) is 9.59 Å². The van der Waals surface area contributed by atoms with Gasteiger partial charge in [0.1, 0.15) is 17.6 Å². The van der Waals surface area contributed by atoms with E-state index in [0.29, 0.717) is 12.2 Å². The molecule has 3 aromatic carbocycles. The van der Waals surface area contributed by atoms with Crippen LogP contribution in [0.2, 0.25) is 0 Å². The molecule has 3 aromatic rings. The van der Waals surface area contributed by atoms with Crippen molar-refractivity contribution < 1.29 is 18.7 Å². The minimum Gasteiger partial charge on any atom is -0.484 e. The lowest BCUT2D eigenvalue weighted by atomic mass is 10.0. The molecule has 0 aliphatic carbocycles. The first-order valence-corrected chi connectivity index (χ1v) is 11.9. The zero-order valence-corrected chi connectivity index (χ0v) is 20.5. The molecule has 0 aromatic heterocycles. The van der Waals surface area contributed by atoms with Crippen LogP contribution in [0, 0.1) is 12.7 Å². The van der Waals surface area contributed by atoms with Crippen LogP contribution in [-0.2, 0) is 22.6 Å². The first-order valence-electron chi connectivity index (χ1n) is 11.9. The quantitative estimate of drug-likeness (QED) is 0.421. The molecule has 2 atom stereocenters. The van der Waals surface area contributed by atoms with E-state index in [1.807, 2.05) is 75.4 Å². The molecule has 0 saturated carbocycles. The molecule has 0 aliphatic rings. The number of hydrogen-bond acceptors (Lipinski definition) is 3. The Kier molecular flexibility index (Phi) is 9.41. The third-order valence-corrected chi connectivity index (χ3v) is 5.92. The van der Waals surface area contributed by atoms with E-state index in [0.717, 1.165) is 23.1 Å². The van der Waals surface area contributed by atoms with Crippen molar-refractivity contribution in [1.82, 2.24) is 10.2 Å². The number of nitrogens with zero attached hydrogens (tertiary/aromatic N) is 1. The van der Waals surface area contributed by atoms with E-state index in [1.165, 1.54) is 24.3 Å². The van der Waals surface area contributed by atoms with Crippen LogP contribution in [0.4, 0.5) is 4.39 Å². The van der Waals surface area contributed by atoms with Gasteiger partial charge in [0.05, 0.1) is 0 Å². The van der Waals surface area contributed by atoms with E-state index in [9.17, 15) is 14.0 Å². The Bertz CT molecular complexity index is 1090. The van der Waals surface area contributed by atoms with Crippen LogP contribution in [0.5, 0.6) is 5.75 Å². The standard InChI is InChI=1S/C29H33FN2O3/c1-4-22(3)31-29(34)27(18-23-8-6-5-7-9-23)32(19-24-12-10-21(2)11-13-24)28(33)20-35-26-16-14-25(30)15-17-26/h5-17,22,27H,4,18-20H2,1-3H3,(H,31,34)/t22-,27-/m1/s1. The fraction of sp³-hybridized carbons (Fsp3) is 0.310. The van der Waals surface area contributed by atoms with E-state index in [2.05, 4.69) is 5.32 Å². The van der Waals surface area contributed by atoms with Crippen LogP contribution in [0.25, 0.3) is 0 Å². The topological polar surface area (TPSA) is 58.6 Å². The van der Waals surface area contributed by atoms with Crippen molar-refractivity contribution in [2.24, 2.45) is 0 Å². The van der Waals surface area contributed by atoms with Gasteiger partial charge < -0.3 is 15.0 Å². The Morgan fingerprint density at radius 2 is 1.60 bits per heavy atom. The van der Waals surface area contributed by atoms with E-state index >= 15 is 0 Å². The molecular formula is C29H33FN2O3. The highest BCUT2D eigenvalue weighted by molar-refractivity contribution is 5.88. The number of carbonyl (C=O) groups is 2. The van der Waals surface area contributed by atoms with Crippen molar-refractivity contribution in [2.75, 3.05) is 6.61 Å². The summed E-state index contributed by atoms with van der Waals surface area (Å²) in [6.07, 6.45) is 1.15. The Labute approximate surface area is 206 Å². The van der Waals surface area contributed by atoms with Gasteiger partial charge >= 0.3 is 0 Å². The molecule has 0 spiro atoms. The molecule has 0 saturated heterocycles. The predicted octanol–water partition coefficient (Wildman–Crippen LogP) is 5.07. The molecule has 0 aliphatic heterocycles. The minimum atomic E-state index is -0.725. The smallest absolute Gasteiger partial charge is 0.261 e. The van der Waals surface area contributed by atoms with E-state index in [1.54, 1.807) is 4.90 Å². The third-order valence-electron chi connectivity index (χ3n) is 5.92. The van der Waals surface area contributed by atoms with Gasteiger partial charge in [0.25, 0.3) is 5.91 Å². The fourth-order valence-corrected chi connectivity index (χ4v) is 3.64. The van der Waals surface area contributed by atoms with Gasteiger partial charge in [-0.2, -0.15) is 0 Å². The lowest BCUT2D eigenvalue weighted by molar-refractivity contribution is -0.143. The van der Waals surface area contributed by atoms with E-state index in [-0.39, 0.29) is 36.8 Å². The number of ether oxygens (including phenoxy) is 1. The first kappa shape index (κ1) is 25.9. The first-order chi connectivity index (χ1) is 16.9. The number of hydrogen-bond donors (Lipinski definition) is 1. The number of aryl methyl sites for hydroxylation is 1. The highest BCUT2D eigenvalue weighted by Crippen LogP contribution is 2.17. The highest BCUT2D eigenvalue weighted by Gasteiger charge is 2.31. The lowest BCUT2D eigenvalue weighted by Crippen LogP contribution is -2.53. The fourth-order valence-electron chi connectivity index (χ4n) is 3.64. The Hall–Kier alpha value is -3.67. The van der Waals surface area contributed by atoms with Gasteiger partial charge in [-0.1, -0.05) is 67.1 Å². The van der Waals surface area contributed by atoms with Gasteiger partial charge in [-0.25, -0.2) is 4.39 Å². The second-order valence-electron chi connectivity index (χ2n) is 8.77. The number of rotatable bonds is 11. The second kappa shape index (κ2) is 12.7. The summed E-state index contributed by atoms with van der Waals surface area (Å²) in [6.45, 7) is 5.95. The van der Waals surface area contributed by atoms with Gasteiger partial charge in [-0.15, -0.1) is 0 Å². The SMILES string of the molecule is CC[C@@H](C)NC(=O)[C@@H](Cc1ccccc1)N(Cc1ccc(C)cc1)C(=O)COc1ccc(F)cc1. The molecule has 1 N–H and O–H groups in total.